The first kappa shape index (κ1) is 19.5. The summed E-state index contributed by atoms with van der Waals surface area (Å²) in [6.07, 6.45) is 0. The Morgan fingerprint density at radius 3 is 2.28 bits per heavy atom. The van der Waals surface area contributed by atoms with Crippen LogP contribution >= 0.6 is 11.3 Å². The zero-order valence-corrected chi connectivity index (χ0v) is 18.1. The second-order valence-electron chi connectivity index (χ2n) is 7.50. The van der Waals surface area contributed by atoms with E-state index >= 15 is 0 Å². The number of amides is 1. The minimum absolute atomic E-state index is 0.0870. The number of carbonyl (C=O) groups is 1. The van der Waals surface area contributed by atoms with E-state index in [1.807, 2.05) is 30.9 Å². The van der Waals surface area contributed by atoms with Gasteiger partial charge in [0.2, 0.25) is 0 Å². The fraction of sp³-hybridized carbons (Fsp3) is 0.364. The number of nitrogens with zero attached hydrogens (tertiary/aromatic N) is 5. The summed E-state index contributed by atoms with van der Waals surface area (Å²) < 4.78 is 0. The molecular weight excluding hydrogens is 382 g/mol. The molecule has 0 saturated carbocycles. The number of thiazole rings is 1. The van der Waals surface area contributed by atoms with Crippen LogP contribution in [0.1, 0.15) is 31.5 Å². The van der Waals surface area contributed by atoms with E-state index in [4.69, 9.17) is 0 Å². The third kappa shape index (κ3) is 4.00. The lowest BCUT2D eigenvalue weighted by Crippen LogP contribution is -2.49. The highest BCUT2D eigenvalue weighted by Gasteiger charge is 2.25. The van der Waals surface area contributed by atoms with Crippen molar-refractivity contribution in [1.82, 2.24) is 20.1 Å². The van der Waals surface area contributed by atoms with E-state index in [0.29, 0.717) is 13.1 Å². The van der Waals surface area contributed by atoms with Gasteiger partial charge in [-0.15, -0.1) is 21.5 Å². The second kappa shape index (κ2) is 7.91. The molecule has 1 amide bonds. The van der Waals surface area contributed by atoms with Crippen molar-refractivity contribution in [3.63, 3.8) is 0 Å². The molecule has 0 N–H and O–H groups in total. The van der Waals surface area contributed by atoms with Crippen molar-refractivity contribution in [2.24, 2.45) is 0 Å². The molecule has 0 spiro atoms. The van der Waals surface area contributed by atoms with Gasteiger partial charge in [-0.05, 0) is 57.0 Å². The van der Waals surface area contributed by atoms with E-state index < -0.39 is 0 Å². The standard InChI is InChI=1S/C22H25N5OS/c1-14-5-6-18(13-15(14)2)19-7-8-20(25-24-19)26-9-11-27(12-10-26)22(28)21-16(3)23-17(4)29-21/h5-8,13H,9-12H2,1-4H3. The van der Waals surface area contributed by atoms with Crippen LogP contribution < -0.4 is 4.90 Å². The molecule has 7 heteroatoms. The van der Waals surface area contributed by atoms with Crippen LogP contribution in [0.3, 0.4) is 0 Å². The number of carbonyl (C=O) groups excluding carboxylic acids is 1. The highest BCUT2D eigenvalue weighted by molar-refractivity contribution is 7.13. The largest absolute Gasteiger partial charge is 0.352 e. The summed E-state index contributed by atoms with van der Waals surface area (Å²) in [7, 11) is 0. The molecule has 1 aliphatic rings. The summed E-state index contributed by atoms with van der Waals surface area (Å²) >= 11 is 1.48. The summed E-state index contributed by atoms with van der Waals surface area (Å²) in [4.78, 5) is 22.0. The maximum atomic E-state index is 12.8. The van der Waals surface area contributed by atoms with Crippen LogP contribution in [0.15, 0.2) is 30.3 Å². The Balaban J connectivity index is 1.41. The van der Waals surface area contributed by atoms with Gasteiger partial charge in [0.1, 0.15) is 4.88 Å². The Hall–Kier alpha value is -2.80. The Kier molecular flexibility index (Phi) is 5.32. The van der Waals surface area contributed by atoms with E-state index in [1.54, 1.807) is 0 Å². The number of benzene rings is 1. The smallest absolute Gasteiger partial charge is 0.265 e. The quantitative estimate of drug-likeness (QED) is 0.661. The maximum Gasteiger partial charge on any atom is 0.265 e. The van der Waals surface area contributed by atoms with Gasteiger partial charge in [-0.3, -0.25) is 4.79 Å². The number of hydrogen-bond acceptors (Lipinski definition) is 6. The van der Waals surface area contributed by atoms with Crippen molar-refractivity contribution in [2.45, 2.75) is 27.7 Å². The highest BCUT2D eigenvalue weighted by Crippen LogP contribution is 2.23. The molecule has 0 unspecified atom stereocenters. The van der Waals surface area contributed by atoms with Crippen molar-refractivity contribution in [1.29, 1.82) is 0 Å². The van der Waals surface area contributed by atoms with Crippen molar-refractivity contribution in [2.75, 3.05) is 31.1 Å². The van der Waals surface area contributed by atoms with Crippen molar-refractivity contribution in [3.05, 3.63) is 57.0 Å². The van der Waals surface area contributed by atoms with E-state index in [0.717, 1.165) is 45.7 Å². The molecule has 0 radical (unpaired) electrons. The third-order valence-electron chi connectivity index (χ3n) is 5.44. The maximum absolute atomic E-state index is 12.8. The van der Waals surface area contributed by atoms with E-state index in [2.05, 4.69) is 52.1 Å². The van der Waals surface area contributed by atoms with Gasteiger partial charge in [-0.1, -0.05) is 12.1 Å². The van der Waals surface area contributed by atoms with Gasteiger partial charge < -0.3 is 9.80 Å². The van der Waals surface area contributed by atoms with Gasteiger partial charge in [0.25, 0.3) is 5.91 Å². The molecule has 3 heterocycles. The topological polar surface area (TPSA) is 62.2 Å². The lowest BCUT2D eigenvalue weighted by Gasteiger charge is -2.35. The molecule has 1 aromatic carbocycles. The molecule has 0 bridgehead atoms. The number of rotatable bonds is 3. The molecule has 4 rings (SSSR count). The number of piperazine rings is 1. The molecule has 0 aliphatic carbocycles. The minimum atomic E-state index is 0.0870. The molecular formula is C22H25N5OS. The Morgan fingerprint density at radius 2 is 1.69 bits per heavy atom. The first-order valence-electron chi connectivity index (χ1n) is 9.82. The predicted octanol–water partition coefficient (Wildman–Crippen LogP) is 3.80. The zero-order chi connectivity index (χ0) is 20.5. The van der Waals surface area contributed by atoms with Gasteiger partial charge >= 0.3 is 0 Å². The van der Waals surface area contributed by atoms with Crippen LogP contribution in [0.25, 0.3) is 11.3 Å². The summed E-state index contributed by atoms with van der Waals surface area (Å²) in [5, 5.41) is 9.81. The molecule has 0 atom stereocenters. The van der Waals surface area contributed by atoms with E-state index in [9.17, 15) is 4.79 Å². The molecule has 1 fully saturated rings. The molecule has 29 heavy (non-hydrogen) atoms. The van der Waals surface area contributed by atoms with Crippen molar-refractivity contribution in [3.8, 4) is 11.3 Å². The van der Waals surface area contributed by atoms with Gasteiger partial charge in [-0.25, -0.2) is 4.98 Å². The Bertz CT molecular complexity index is 1040. The van der Waals surface area contributed by atoms with E-state index in [-0.39, 0.29) is 5.91 Å². The summed E-state index contributed by atoms with van der Waals surface area (Å²) in [5.41, 5.74) is 5.31. The summed E-state index contributed by atoms with van der Waals surface area (Å²) in [6, 6.07) is 10.4. The molecule has 1 aliphatic heterocycles. The molecule has 3 aromatic rings. The van der Waals surface area contributed by atoms with Crippen LogP contribution in [0.5, 0.6) is 0 Å². The Morgan fingerprint density at radius 1 is 0.931 bits per heavy atom. The van der Waals surface area contributed by atoms with Crippen LogP contribution in [-0.4, -0.2) is 52.2 Å². The minimum Gasteiger partial charge on any atom is -0.352 e. The van der Waals surface area contributed by atoms with E-state index in [1.165, 1.54) is 22.5 Å². The number of hydrogen-bond donors (Lipinski definition) is 0. The summed E-state index contributed by atoms with van der Waals surface area (Å²) in [5.74, 6) is 0.943. The predicted molar refractivity (Wildman–Crippen MR) is 117 cm³/mol. The lowest BCUT2D eigenvalue weighted by atomic mass is 10.0. The van der Waals surface area contributed by atoms with Crippen LogP contribution in [0.2, 0.25) is 0 Å². The average Bonchev–Trinajstić information content (AvgIpc) is 3.08. The lowest BCUT2D eigenvalue weighted by molar-refractivity contribution is 0.0750. The molecule has 150 valence electrons. The van der Waals surface area contributed by atoms with Crippen LogP contribution in [-0.2, 0) is 0 Å². The molecule has 6 nitrogen and oxygen atoms in total. The van der Waals surface area contributed by atoms with Gasteiger partial charge in [0.15, 0.2) is 5.82 Å². The number of anilines is 1. The van der Waals surface area contributed by atoms with Crippen molar-refractivity contribution < 1.29 is 4.79 Å². The third-order valence-corrected chi connectivity index (χ3v) is 6.50. The zero-order valence-electron chi connectivity index (χ0n) is 17.3. The van der Waals surface area contributed by atoms with Gasteiger partial charge in [0.05, 0.1) is 16.4 Å². The van der Waals surface area contributed by atoms with Gasteiger partial charge in [0, 0.05) is 31.7 Å². The molecule has 1 saturated heterocycles. The molecule has 2 aromatic heterocycles. The summed E-state index contributed by atoms with van der Waals surface area (Å²) in [6.45, 7) is 10.9. The fourth-order valence-corrected chi connectivity index (χ4v) is 4.45. The number of aryl methyl sites for hydroxylation is 4. The van der Waals surface area contributed by atoms with Crippen molar-refractivity contribution >= 4 is 23.1 Å². The highest BCUT2D eigenvalue weighted by atomic mass is 32.1. The normalized spacial score (nSPS) is 14.3. The average molecular weight is 408 g/mol. The SMILES string of the molecule is Cc1nc(C)c(C(=O)N2CCN(c3ccc(-c4ccc(C)c(C)c4)nn3)CC2)s1. The van der Waals surface area contributed by atoms with Crippen LogP contribution in [0, 0.1) is 27.7 Å². The van der Waals surface area contributed by atoms with Gasteiger partial charge in [-0.2, -0.15) is 0 Å². The van der Waals surface area contributed by atoms with Crippen LogP contribution in [0.4, 0.5) is 5.82 Å². The first-order valence-corrected chi connectivity index (χ1v) is 10.6. The number of aromatic nitrogens is 3. The second-order valence-corrected chi connectivity index (χ2v) is 8.71. The fourth-order valence-electron chi connectivity index (χ4n) is 3.56. The Labute approximate surface area is 175 Å². The first-order chi connectivity index (χ1) is 13.9. The monoisotopic (exact) mass is 407 g/mol.